The van der Waals surface area contributed by atoms with E-state index in [0.29, 0.717) is 30.0 Å². The second-order valence-corrected chi connectivity index (χ2v) is 10.1. The molecule has 1 saturated heterocycles. The molecule has 0 bridgehead atoms. The van der Waals surface area contributed by atoms with Gasteiger partial charge in [-0.2, -0.15) is 4.98 Å². The van der Waals surface area contributed by atoms with Gasteiger partial charge in [-0.05, 0) is 58.0 Å². The summed E-state index contributed by atoms with van der Waals surface area (Å²) in [6.45, 7) is 7.06. The number of rotatable bonds is 7. The topological polar surface area (TPSA) is 91.2 Å². The highest BCUT2D eigenvalue weighted by atomic mass is 16.2. The van der Waals surface area contributed by atoms with Crippen molar-refractivity contribution in [2.45, 2.75) is 57.5 Å². The minimum absolute atomic E-state index is 0.0513. The second kappa shape index (κ2) is 9.45. The summed E-state index contributed by atoms with van der Waals surface area (Å²) in [6, 6.07) is 6.65. The number of amides is 1. The first-order valence-corrected chi connectivity index (χ1v) is 12.8. The molecule has 3 aromatic heterocycles. The molecule has 0 aliphatic carbocycles. The molecule has 1 atom stereocenters. The van der Waals surface area contributed by atoms with Crippen LogP contribution in [0.3, 0.4) is 0 Å². The largest absolute Gasteiger partial charge is 0.370 e. The van der Waals surface area contributed by atoms with Gasteiger partial charge in [0, 0.05) is 37.3 Å². The van der Waals surface area contributed by atoms with E-state index in [-0.39, 0.29) is 11.4 Å². The van der Waals surface area contributed by atoms with Crippen molar-refractivity contribution >= 4 is 34.4 Å². The van der Waals surface area contributed by atoms with Crippen LogP contribution in [0.1, 0.15) is 56.4 Å². The Bertz CT molecular complexity index is 1200. The minimum atomic E-state index is -0.175. The van der Waals surface area contributed by atoms with Gasteiger partial charge in [0.15, 0.2) is 0 Å². The Kier molecular flexibility index (Phi) is 6.35. The van der Waals surface area contributed by atoms with Gasteiger partial charge >= 0.3 is 0 Å². The van der Waals surface area contributed by atoms with Crippen LogP contribution >= 0.6 is 0 Å². The van der Waals surface area contributed by atoms with E-state index in [2.05, 4.69) is 69.0 Å². The van der Waals surface area contributed by atoms with Crippen molar-refractivity contribution in [1.82, 2.24) is 29.7 Å². The van der Waals surface area contributed by atoms with Gasteiger partial charge < -0.3 is 25.0 Å². The maximum absolute atomic E-state index is 12.6. The van der Waals surface area contributed by atoms with Gasteiger partial charge in [0.2, 0.25) is 5.95 Å². The van der Waals surface area contributed by atoms with Gasteiger partial charge in [-0.3, -0.25) is 4.79 Å². The third-order valence-electron chi connectivity index (χ3n) is 7.75. The third kappa shape index (κ3) is 4.33. The number of anilines is 3. The summed E-state index contributed by atoms with van der Waals surface area (Å²) in [6.07, 6.45) is 8.96. The maximum atomic E-state index is 12.6. The highest BCUT2D eigenvalue weighted by Crippen LogP contribution is 2.35. The van der Waals surface area contributed by atoms with E-state index >= 15 is 0 Å². The molecule has 2 aliphatic rings. The Labute approximate surface area is 206 Å². The molecule has 1 fully saturated rings. The zero-order valence-corrected chi connectivity index (χ0v) is 21.2. The highest BCUT2D eigenvalue weighted by molar-refractivity contribution is 5.99. The fraction of sp³-hybridized carbons (Fsp3) is 0.538. The lowest BCUT2D eigenvalue weighted by molar-refractivity contribution is 0.0861. The van der Waals surface area contributed by atoms with Crippen molar-refractivity contribution in [2.24, 2.45) is 0 Å². The molecule has 2 N–H and O–H groups in total. The van der Waals surface area contributed by atoms with Crippen molar-refractivity contribution in [2.75, 3.05) is 43.9 Å². The van der Waals surface area contributed by atoms with E-state index in [0.717, 1.165) is 61.9 Å². The number of nitrogens with one attached hydrogen (secondary N) is 2. The predicted molar refractivity (Wildman–Crippen MR) is 139 cm³/mol. The lowest BCUT2D eigenvalue weighted by Crippen LogP contribution is -2.51. The van der Waals surface area contributed by atoms with Crippen LogP contribution in [0.2, 0.25) is 0 Å². The number of carbonyl (C=O) groups excluding carboxylic acids is 1. The lowest BCUT2D eigenvalue weighted by Gasteiger charge is -2.39. The molecular weight excluding hydrogens is 440 g/mol. The first kappa shape index (κ1) is 23.5. The van der Waals surface area contributed by atoms with Gasteiger partial charge in [0.05, 0.1) is 17.4 Å². The van der Waals surface area contributed by atoms with Gasteiger partial charge in [-0.15, -0.1) is 0 Å². The molecule has 2 aliphatic heterocycles. The average molecular weight is 477 g/mol. The number of pyridine rings is 1. The van der Waals surface area contributed by atoms with E-state index in [9.17, 15) is 4.79 Å². The normalized spacial score (nSPS) is 20.8. The van der Waals surface area contributed by atoms with Crippen LogP contribution in [0.4, 0.5) is 17.5 Å². The average Bonchev–Trinajstić information content (AvgIpc) is 3.27. The summed E-state index contributed by atoms with van der Waals surface area (Å²) in [5, 5.41) is 7.22. The molecule has 0 saturated carbocycles. The highest BCUT2D eigenvalue weighted by Gasteiger charge is 2.39. The Hall–Kier alpha value is -3.20. The van der Waals surface area contributed by atoms with Gasteiger partial charge in [-0.1, -0.05) is 20.3 Å². The monoisotopic (exact) mass is 476 g/mol. The van der Waals surface area contributed by atoms with Crippen LogP contribution in [0.5, 0.6) is 0 Å². The van der Waals surface area contributed by atoms with E-state index in [1.165, 1.54) is 0 Å². The number of nitrogens with zero attached hydrogens (tertiary/aromatic N) is 6. The molecule has 1 amide bonds. The van der Waals surface area contributed by atoms with Gasteiger partial charge in [0.25, 0.3) is 5.91 Å². The summed E-state index contributed by atoms with van der Waals surface area (Å²) in [7, 11) is 4.32. The Morgan fingerprint density at radius 2 is 1.97 bits per heavy atom. The van der Waals surface area contributed by atoms with Crippen LogP contribution in [0.15, 0.2) is 30.6 Å². The van der Waals surface area contributed by atoms with Crippen LogP contribution < -0.4 is 15.5 Å². The Morgan fingerprint density at radius 1 is 1.17 bits per heavy atom. The number of carbonyl (C=O) groups is 1. The summed E-state index contributed by atoms with van der Waals surface area (Å²) in [5.41, 5.74) is 2.42. The Morgan fingerprint density at radius 3 is 2.63 bits per heavy atom. The van der Waals surface area contributed by atoms with Crippen LogP contribution in [-0.4, -0.2) is 70.1 Å². The molecule has 35 heavy (non-hydrogen) atoms. The summed E-state index contributed by atoms with van der Waals surface area (Å²) < 4.78 is 2.14. The molecule has 9 nitrogen and oxygen atoms in total. The fourth-order valence-corrected chi connectivity index (χ4v) is 5.64. The van der Waals surface area contributed by atoms with Crippen molar-refractivity contribution < 1.29 is 4.79 Å². The van der Waals surface area contributed by atoms with Crippen molar-refractivity contribution in [1.29, 1.82) is 0 Å². The van der Waals surface area contributed by atoms with Crippen molar-refractivity contribution in [3.05, 3.63) is 36.3 Å². The van der Waals surface area contributed by atoms with Gasteiger partial charge in [-0.25, -0.2) is 9.97 Å². The van der Waals surface area contributed by atoms with E-state index in [1.54, 1.807) is 6.20 Å². The van der Waals surface area contributed by atoms with Crippen LogP contribution in [-0.2, 0) is 5.54 Å². The second-order valence-electron chi connectivity index (χ2n) is 10.1. The Balaban J connectivity index is 1.38. The molecule has 186 valence electrons. The number of hydrogen-bond acceptors (Lipinski definition) is 7. The number of fused-ring (bicyclic) bond motifs is 3. The number of hydrogen-bond donors (Lipinski definition) is 2. The van der Waals surface area contributed by atoms with Crippen molar-refractivity contribution in [3.8, 4) is 0 Å². The van der Waals surface area contributed by atoms with Crippen LogP contribution in [0.25, 0.3) is 11.0 Å². The zero-order chi connectivity index (χ0) is 24.6. The van der Waals surface area contributed by atoms with Crippen molar-refractivity contribution in [3.63, 3.8) is 0 Å². The predicted octanol–water partition coefficient (Wildman–Crippen LogP) is 3.75. The summed E-state index contributed by atoms with van der Waals surface area (Å²) in [4.78, 5) is 31.3. The SMILES string of the molecule is CCCC1(CC)CNC(=O)c2cc3cnc(Nc4ccc(N5CCC(N(C)C)CC5)cn4)nc3n21. The summed E-state index contributed by atoms with van der Waals surface area (Å²) >= 11 is 0. The first-order chi connectivity index (χ1) is 16.9. The quantitative estimate of drug-likeness (QED) is 0.537. The van der Waals surface area contributed by atoms with E-state index in [4.69, 9.17) is 4.98 Å². The number of piperidine rings is 1. The molecule has 3 aromatic rings. The van der Waals surface area contributed by atoms with E-state index < -0.39 is 0 Å². The molecule has 5 heterocycles. The molecule has 1 unspecified atom stereocenters. The third-order valence-corrected chi connectivity index (χ3v) is 7.75. The zero-order valence-electron chi connectivity index (χ0n) is 21.2. The summed E-state index contributed by atoms with van der Waals surface area (Å²) in [5.74, 6) is 1.14. The maximum Gasteiger partial charge on any atom is 0.268 e. The molecule has 0 radical (unpaired) electrons. The molecule has 0 spiro atoms. The first-order valence-electron chi connectivity index (χ1n) is 12.8. The number of aromatic nitrogens is 4. The smallest absolute Gasteiger partial charge is 0.268 e. The molecule has 5 rings (SSSR count). The lowest BCUT2D eigenvalue weighted by atomic mass is 9.88. The molecule has 9 heteroatoms. The van der Waals surface area contributed by atoms with E-state index in [1.807, 2.05) is 18.3 Å². The van der Waals surface area contributed by atoms with Gasteiger partial charge in [0.1, 0.15) is 17.2 Å². The fourth-order valence-electron chi connectivity index (χ4n) is 5.64. The van der Waals surface area contributed by atoms with Crippen LogP contribution in [0, 0.1) is 0 Å². The minimum Gasteiger partial charge on any atom is -0.370 e. The molecule has 0 aromatic carbocycles. The molecular formula is C26H36N8O. The standard InChI is InChI=1S/C26H36N8O/c1-5-11-26(6-2)17-29-24(35)21-14-18-15-28-25(31-23(18)34(21)26)30-22-8-7-20(16-27-22)33-12-9-19(10-13-33)32(3)4/h7-8,14-16,19H,5-6,9-13,17H2,1-4H3,(H,29,35)(H,27,28,30,31).